The maximum absolute atomic E-state index is 13.4. The summed E-state index contributed by atoms with van der Waals surface area (Å²) < 4.78 is 46.7. The van der Waals surface area contributed by atoms with Crippen LogP contribution in [0.2, 0.25) is 0 Å². The standard InChI is InChI=1S/C25H25FN2O4S/c1-32-21-10-6-18(7-11-21)17-27-25(29)16-24-23-5-3-2-4-19(23)14-15-28(24)33(30,31)22-12-8-20(26)9-13-22/h2-13,24H,14-17H2,1H3,(H,27,29). The summed E-state index contributed by atoms with van der Waals surface area (Å²) >= 11 is 0. The lowest BCUT2D eigenvalue weighted by Crippen LogP contribution is -2.42. The van der Waals surface area contributed by atoms with Crippen molar-refractivity contribution in [1.82, 2.24) is 9.62 Å². The van der Waals surface area contributed by atoms with Gasteiger partial charge in [-0.15, -0.1) is 0 Å². The second-order valence-corrected chi connectivity index (χ2v) is 9.75. The summed E-state index contributed by atoms with van der Waals surface area (Å²) in [5, 5.41) is 2.88. The van der Waals surface area contributed by atoms with E-state index in [1.54, 1.807) is 7.11 Å². The third-order valence-corrected chi connectivity index (χ3v) is 7.73. The van der Waals surface area contributed by atoms with Crippen molar-refractivity contribution in [3.63, 3.8) is 0 Å². The van der Waals surface area contributed by atoms with E-state index in [-0.39, 0.29) is 23.8 Å². The van der Waals surface area contributed by atoms with Gasteiger partial charge < -0.3 is 10.1 Å². The van der Waals surface area contributed by atoms with Gasteiger partial charge in [0.15, 0.2) is 0 Å². The van der Waals surface area contributed by atoms with Gasteiger partial charge >= 0.3 is 0 Å². The van der Waals surface area contributed by atoms with E-state index in [1.165, 1.54) is 16.4 Å². The summed E-state index contributed by atoms with van der Waals surface area (Å²) in [6, 6.07) is 19.0. The number of fused-ring (bicyclic) bond motifs is 1. The molecule has 0 radical (unpaired) electrons. The summed E-state index contributed by atoms with van der Waals surface area (Å²) in [6.45, 7) is 0.565. The lowest BCUT2D eigenvalue weighted by molar-refractivity contribution is -0.122. The molecule has 6 nitrogen and oxygen atoms in total. The lowest BCUT2D eigenvalue weighted by Gasteiger charge is -2.36. The van der Waals surface area contributed by atoms with E-state index in [1.807, 2.05) is 48.5 Å². The van der Waals surface area contributed by atoms with Crippen LogP contribution in [0.4, 0.5) is 4.39 Å². The van der Waals surface area contributed by atoms with Crippen molar-refractivity contribution < 1.29 is 22.3 Å². The van der Waals surface area contributed by atoms with Crippen LogP contribution in [0.5, 0.6) is 5.75 Å². The molecule has 3 aromatic rings. The van der Waals surface area contributed by atoms with E-state index in [2.05, 4.69) is 5.32 Å². The highest BCUT2D eigenvalue weighted by molar-refractivity contribution is 7.89. The number of carbonyl (C=O) groups is 1. The Labute approximate surface area is 193 Å². The van der Waals surface area contributed by atoms with Crippen molar-refractivity contribution in [2.75, 3.05) is 13.7 Å². The zero-order valence-electron chi connectivity index (χ0n) is 18.2. The molecule has 8 heteroatoms. The van der Waals surface area contributed by atoms with Crippen LogP contribution >= 0.6 is 0 Å². The molecule has 1 unspecified atom stereocenters. The Bertz CT molecular complexity index is 1230. The van der Waals surface area contributed by atoms with Gasteiger partial charge in [0, 0.05) is 19.5 Å². The molecule has 0 spiro atoms. The van der Waals surface area contributed by atoms with Crippen LogP contribution in [0, 0.1) is 5.82 Å². The van der Waals surface area contributed by atoms with Crippen LogP contribution in [0.3, 0.4) is 0 Å². The smallest absolute Gasteiger partial charge is 0.243 e. The number of carbonyl (C=O) groups excluding carboxylic acids is 1. The highest BCUT2D eigenvalue weighted by atomic mass is 32.2. The summed E-state index contributed by atoms with van der Waals surface area (Å²) in [4.78, 5) is 12.9. The van der Waals surface area contributed by atoms with Crippen molar-refractivity contribution in [2.45, 2.75) is 30.3 Å². The molecule has 1 aliphatic heterocycles. The van der Waals surface area contributed by atoms with Crippen LogP contribution in [0.1, 0.15) is 29.2 Å². The van der Waals surface area contributed by atoms with Crippen molar-refractivity contribution in [2.24, 2.45) is 0 Å². The number of sulfonamides is 1. The lowest BCUT2D eigenvalue weighted by atomic mass is 9.92. The molecule has 0 aliphatic carbocycles. The molecule has 3 aromatic carbocycles. The third kappa shape index (κ3) is 5.07. The number of methoxy groups -OCH3 is 1. The number of hydrogen-bond acceptors (Lipinski definition) is 4. The van der Waals surface area contributed by atoms with E-state index < -0.39 is 21.9 Å². The van der Waals surface area contributed by atoms with Gasteiger partial charge in [-0.3, -0.25) is 4.79 Å². The van der Waals surface area contributed by atoms with Gasteiger partial charge in [0.2, 0.25) is 15.9 Å². The van der Waals surface area contributed by atoms with Crippen LogP contribution in [0.25, 0.3) is 0 Å². The number of benzene rings is 3. The van der Waals surface area contributed by atoms with Crippen molar-refractivity contribution >= 4 is 15.9 Å². The quantitative estimate of drug-likeness (QED) is 0.572. The van der Waals surface area contributed by atoms with Gasteiger partial charge in [0.05, 0.1) is 18.0 Å². The Morgan fingerprint density at radius 2 is 1.76 bits per heavy atom. The average Bonchev–Trinajstić information content (AvgIpc) is 2.83. The molecule has 4 rings (SSSR count). The molecule has 0 aromatic heterocycles. The summed E-state index contributed by atoms with van der Waals surface area (Å²) in [5.41, 5.74) is 2.74. The highest BCUT2D eigenvalue weighted by Gasteiger charge is 2.37. The fourth-order valence-electron chi connectivity index (χ4n) is 4.06. The number of hydrogen-bond donors (Lipinski definition) is 1. The second-order valence-electron chi connectivity index (χ2n) is 7.86. The molecule has 0 bridgehead atoms. The Kier molecular flexibility index (Phi) is 6.76. The average molecular weight is 469 g/mol. The van der Waals surface area contributed by atoms with Crippen molar-refractivity contribution in [3.05, 3.63) is 95.3 Å². The Balaban J connectivity index is 1.56. The highest BCUT2D eigenvalue weighted by Crippen LogP contribution is 2.36. The second kappa shape index (κ2) is 9.72. The topological polar surface area (TPSA) is 75.7 Å². The molecule has 1 aliphatic rings. The largest absolute Gasteiger partial charge is 0.497 e. The molecule has 1 heterocycles. The van der Waals surface area contributed by atoms with Gasteiger partial charge in [0.25, 0.3) is 0 Å². The van der Waals surface area contributed by atoms with Gasteiger partial charge in [0.1, 0.15) is 11.6 Å². The SMILES string of the molecule is COc1ccc(CNC(=O)CC2c3ccccc3CCN2S(=O)(=O)c2ccc(F)cc2)cc1. The number of halogens is 1. The Hall–Kier alpha value is -3.23. The van der Waals surface area contributed by atoms with Crippen LogP contribution in [0.15, 0.2) is 77.7 Å². The molecule has 33 heavy (non-hydrogen) atoms. The van der Waals surface area contributed by atoms with E-state index in [4.69, 9.17) is 4.74 Å². The third-order valence-electron chi connectivity index (χ3n) is 5.81. The van der Waals surface area contributed by atoms with E-state index in [9.17, 15) is 17.6 Å². The number of ether oxygens (including phenoxy) is 1. The van der Waals surface area contributed by atoms with Crippen molar-refractivity contribution in [1.29, 1.82) is 0 Å². The van der Waals surface area contributed by atoms with Crippen LogP contribution < -0.4 is 10.1 Å². The van der Waals surface area contributed by atoms with Gasteiger partial charge in [-0.2, -0.15) is 4.31 Å². The van der Waals surface area contributed by atoms with Gasteiger partial charge in [-0.1, -0.05) is 36.4 Å². The van der Waals surface area contributed by atoms with Gasteiger partial charge in [-0.25, -0.2) is 12.8 Å². The Morgan fingerprint density at radius 1 is 1.06 bits per heavy atom. The predicted molar refractivity (Wildman–Crippen MR) is 123 cm³/mol. The number of amides is 1. The molecule has 0 fully saturated rings. The number of nitrogens with one attached hydrogen (secondary N) is 1. The van der Waals surface area contributed by atoms with Crippen LogP contribution in [-0.2, 0) is 27.8 Å². The van der Waals surface area contributed by atoms with E-state index in [0.717, 1.165) is 34.6 Å². The summed E-state index contributed by atoms with van der Waals surface area (Å²) in [5.74, 6) is -0.0373. The summed E-state index contributed by atoms with van der Waals surface area (Å²) in [6.07, 6.45) is 0.522. The van der Waals surface area contributed by atoms with E-state index >= 15 is 0 Å². The number of rotatable bonds is 7. The minimum atomic E-state index is -3.92. The first-order valence-corrected chi connectivity index (χ1v) is 12.1. The van der Waals surface area contributed by atoms with Gasteiger partial charge in [-0.05, 0) is 59.5 Å². The number of nitrogens with zero attached hydrogens (tertiary/aromatic N) is 1. The molecule has 1 atom stereocenters. The van der Waals surface area contributed by atoms with E-state index in [0.29, 0.717) is 13.0 Å². The molecule has 0 saturated carbocycles. The molecular formula is C25H25FN2O4S. The molecule has 1 N–H and O–H groups in total. The molecular weight excluding hydrogens is 443 g/mol. The first-order chi connectivity index (χ1) is 15.9. The van der Waals surface area contributed by atoms with Crippen LogP contribution in [-0.4, -0.2) is 32.3 Å². The minimum Gasteiger partial charge on any atom is -0.497 e. The zero-order valence-corrected chi connectivity index (χ0v) is 19.0. The fourth-order valence-corrected chi connectivity index (χ4v) is 5.67. The zero-order chi connectivity index (χ0) is 23.4. The molecule has 0 saturated heterocycles. The molecule has 1 amide bonds. The normalized spacial score (nSPS) is 16.1. The first kappa shape index (κ1) is 22.9. The fraction of sp³-hybridized carbons (Fsp3) is 0.240. The Morgan fingerprint density at radius 3 is 2.45 bits per heavy atom. The predicted octanol–water partition coefficient (Wildman–Crippen LogP) is 3.83. The maximum atomic E-state index is 13.4. The monoisotopic (exact) mass is 468 g/mol. The summed E-state index contributed by atoms with van der Waals surface area (Å²) in [7, 11) is -2.33. The first-order valence-electron chi connectivity index (χ1n) is 10.6. The minimum absolute atomic E-state index is 0.00641. The van der Waals surface area contributed by atoms with Crippen molar-refractivity contribution in [3.8, 4) is 5.75 Å². The maximum Gasteiger partial charge on any atom is 0.243 e. The molecule has 172 valence electrons.